The number of halogens is 1. The van der Waals surface area contributed by atoms with E-state index < -0.39 is 5.60 Å². The van der Waals surface area contributed by atoms with Crippen LogP contribution in [0.4, 0.5) is 0 Å². The van der Waals surface area contributed by atoms with Gasteiger partial charge in [-0.2, -0.15) is 5.10 Å². The van der Waals surface area contributed by atoms with E-state index in [-0.39, 0.29) is 30.5 Å². The Bertz CT molecular complexity index is 711. The maximum atomic E-state index is 10.6. The predicted octanol–water partition coefficient (Wildman–Crippen LogP) is 2.29. The lowest BCUT2D eigenvalue weighted by molar-refractivity contribution is 0.0435. The highest BCUT2D eigenvalue weighted by Gasteiger charge is 2.29. The maximum Gasteiger partial charge on any atom is 0.194 e. The molecule has 26 heavy (non-hydrogen) atoms. The van der Waals surface area contributed by atoms with Gasteiger partial charge in [-0.1, -0.05) is 0 Å². The van der Waals surface area contributed by atoms with E-state index in [2.05, 4.69) is 33.4 Å². The van der Waals surface area contributed by atoms with E-state index in [1.807, 2.05) is 17.9 Å². The molecule has 2 N–H and O–H groups in total. The zero-order chi connectivity index (χ0) is 17.9. The summed E-state index contributed by atoms with van der Waals surface area (Å²) in [6.45, 7) is 6.65. The van der Waals surface area contributed by atoms with Crippen molar-refractivity contribution in [3.63, 3.8) is 0 Å². The van der Waals surface area contributed by atoms with Gasteiger partial charge in [-0.15, -0.1) is 24.0 Å². The van der Waals surface area contributed by atoms with Crippen LogP contribution in [0.1, 0.15) is 37.5 Å². The van der Waals surface area contributed by atoms with E-state index in [4.69, 9.17) is 4.42 Å². The van der Waals surface area contributed by atoms with Gasteiger partial charge < -0.3 is 19.7 Å². The Balaban J connectivity index is 0.00000243. The van der Waals surface area contributed by atoms with Gasteiger partial charge >= 0.3 is 0 Å². The molecule has 3 heterocycles. The molecule has 2 atom stereocenters. The maximum absolute atomic E-state index is 10.6. The number of nitrogens with one attached hydrogen (secondary N) is 1. The predicted molar refractivity (Wildman–Crippen MR) is 112 cm³/mol. The Labute approximate surface area is 171 Å². The van der Waals surface area contributed by atoms with Gasteiger partial charge in [-0.25, -0.2) is 4.99 Å². The molecule has 1 aliphatic heterocycles. The number of furan rings is 1. The van der Waals surface area contributed by atoms with Crippen LogP contribution in [0.2, 0.25) is 0 Å². The van der Waals surface area contributed by atoms with Crippen LogP contribution in [-0.4, -0.2) is 51.9 Å². The third kappa shape index (κ3) is 4.79. The van der Waals surface area contributed by atoms with Crippen molar-refractivity contribution in [1.29, 1.82) is 0 Å². The van der Waals surface area contributed by atoms with E-state index in [0.717, 1.165) is 32.0 Å². The van der Waals surface area contributed by atoms with Crippen LogP contribution in [0, 0.1) is 0 Å². The van der Waals surface area contributed by atoms with Gasteiger partial charge in [0.05, 0.1) is 19.0 Å². The van der Waals surface area contributed by atoms with Crippen molar-refractivity contribution in [2.75, 3.05) is 26.2 Å². The van der Waals surface area contributed by atoms with Gasteiger partial charge in [0.25, 0.3) is 0 Å². The van der Waals surface area contributed by atoms with Crippen molar-refractivity contribution < 1.29 is 9.52 Å². The number of rotatable bonds is 5. The molecule has 0 bridgehead atoms. The van der Waals surface area contributed by atoms with Crippen LogP contribution < -0.4 is 5.32 Å². The molecule has 2 aromatic heterocycles. The third-order valence-electron chi connectivity index (χ3n) is 4.61. The minimum absolute atomic E-state index is 0. The largest absolute Gasteiger partial charge is 0.466 e. The highest BCUT2D eigenvalue weighted by atomic mass is 127. The molecule has 0 aliphatic carbocycles. The first-order valence-corrected chi connectivity index (χ1v) is 8.78. The molecule has 1 saturated heterocycles. The smallest absolute Gasteiger partial charge is 0.194 e. The van der Waals surface area contributed by atoms with Crippen molar-refractivity contribution >= 4 is 29.9 Å². The summed E-state index contributed by atoms with van der Waals surface area (Å²) in [5, 5.41) is 18.2. The number of aliphatic imine (C=N–C) groups is 1. The van der Waals surface area contributed by atoms with Gasteiger partial charge in [0.15, 0.2) is 5.96 Å². The first-order valence-electron chi connectivity index (χ1n) is 8.78. The van der Waals surface area contributed by atoms with E-state index in [0.29, 0.717) is 11.7 Å². The third-order valence-corrected chi connectivity index (χ3v) is 4.61. The summed E-state index contributed by atoms with van der Waals surface area (Å²) in [5.41, 5.74) is 0.149. The monoisotopic (exact) mass is 473 g/mol. The van der Waals surface area contributed by atoms with Crippen LogP contribution in [0.15, 0.2) is 40.2 Å². The Morgan fingerprint density at radius 3 is 2.96 bits per heavy atom. The average Bonchev–Trinajstić information content (AvgIpc) is 3.31. The molecular weight excluding hydrogens is 445 g/mol. The average molecular weight is 473 g/mol. The number of likely N-dealkylation sites (tertiary alicyclic amines) is 1. The molecule has 2 aromatic rings. The highest BCUT2D eigenvalue weighted by molar-refractivity contribution is 14.0. The molecule has 1 aliphatic rings. The van der Waals surface area contributed by atoms with Gasteiger partial charge in [0.2, 0.25) is 0 Å². The SMILES string of the molecule is CCNC(=NCC(C)(O)c1ccco1)N1CCC(c2cnn(C)c2)C1.I. The molecule has 0 spiro atoms. The highest BCUT2D eigenvalue weighted by Crippen LogP contribution is 2.27. The summed E-state index contributed by atoms with van der Waals surface area (Å²) < 4.78 is 7.18. The molecule has 0 aromatic carbocycles. The summed E-state index contributed by atoms with van der Waals surface area (Å²) in [4.78, 5) is 6.91. The number of guanidine groups is 1. The van der Waals surface area contributed by atoms with Crippen LogP contribution >= 0.6 is 24.0 Å². The number of aromatic nitrogens is 2. The summed E-state index contributed by atoms with van der Waals surface area (Å²) in [7, 11) is 1.94. The first kappa shape index (κ1) is 20.8. The van der Waals surface area contributed by atoms with E-state index in [1.54, 1.807) is 25.3 Å². The summed E-state index contributed by atoms with van der Waals surface area (Å²) >= 11 is 0. The second kappa shape index (κ2) is 8.90. The van der Waals surface area contributed by atoms with E-state index >= 15 is 0 Å². The minimum Gasteiger partial charge on any atom is -0.466 e. The lowest BCUT2D eigenvalue weighted by atomic mass is 10.0. The van der Waals surface area contributed by atoms with Gasteiger partial charge in [-0.3, -0.25) is 4.68 Å². The second-order valence-corrected chi connectivity index (χ2v) is 6.80. The van der Waals surface area contributed by atoms with Crippen molar-refractivity contribution in [3.05, 3.63) is 42.1 Å². The number of hydrogen-bond acceptors (Lipinski definition) is 4. The zero-order valence-electron chi connectivity index (χ0n) is 15.6. The number of hydrogen-bond donors (Lipinski definition) is 2. The summed E-state index contributed by atoms with van der Waals surface area (Å²) in [6, 6.07) is 3.55. The van der Waals surface area contributed by atoms with Crippen LogP contribution in [-0.2, 0) is 12.6 Å². The fourth-order valence-corrected chi connectivity index (χ4v) is 3.19. The molecule has 7 nitrogen and oxygen atoms in total. The number of nitrogens with zero attached hydrogens (tertiary/aromatic N) is 4. The minimum atomic E-state index is -1.12. The van der Waals surface area contributed by atoms with Crippen molar-refractivity contribution in [1.82, 2.24) is 20.0 Å². The normalized spacial score (nSPS) is 19.9. The molecule has 0 radical (unpaired) electrons. The zero-order valence-corrected chi connectivity index (χ0v) is 17.9. The van der Waals surface area contributed by atoms with Crippen LogP contribution in [0.25, 0.3) is 0 Å². The molecule has 0 amide bonds. The van der Waals surface area contributed by atoms with Gasteiger partial charge in [0.1, 0.15) is 11.4 Å². The lowest BCUT2D eigenvalue weighted by Crippen LogP contribution is -2.41. The van der Waals surface area contributed by atoms with Crippen LogP contribution in [0.3, 0.4) is 0 Å². The molecule has 2 unspecified atom stereocenters. The fraction of sp³-hybridized carbons (Fsp3) is 0.556. The van der Waals surface area contributed by atoms with Crippen molar-refractivity contribution in [3.8, 4) is 0 Å². The molecule has 144 valence electrons. The van der Waals surface area contributed by atoms with Gasteiger partial charge in [0, 0.05) is 38.8 Å². The van der Waals surface area contributed by atoms with Crippen molar-refractivity contribution in [2.45, 2.75) is 31.8 Å². The topological polar surface area (TPSA) is 78.8 Å². The van der Waals surface area contributed by atoms with Gasteiger partial charge in [-0.05, 0) is 38.0 Å². The fourth-order valence-electron chi connectivity index (χ4n) is 3.19. The molecular formula is C18H28IN5O2. The molecule has 0 saturated carbocycles. The first-order chi connectivity index (χ1) is 12.0. The van der Waals surface area contributed by atoms with Crippen molar-refractivity contribution in [2.24, 2.45) is 12.0 Å². The summed E-state index contributed by atoms with van der Waals surface area (Å²) in [5.74, 6) is 1.82. The second-order valence-electron chi connectivity index (χ2n) is 6.80. The summed E-state index contributed by atoms with van der Waals surface area (Å²) in [6.07, 6.45) is 6.67. The standard InChI is InChI=1S/C18H27N5O2.HI/c1-4-19-17(20-13-18(2,24)16-6-5-9-25-16)23-8-7-14(12-23)15-10-21-22(3)11-15;/h5-6,9-11,14,24H,4,7-8,12-13H2,1-3H3,(H,19,20);1H. The lowest BCUT2D eigenvalue weighted by Gasteiger charge is -2.24. The quantitative estimate of drug-likeness (QED) is 0.396. The number of aryl methyl sites for hydroxylation is 1. The molecule has 3 rings (SSSR count). The molecule has 1 fully saturated rings. The molecule has 8 heteroatoms. The van der Waals surface area contributed by atoms with E-state index in [1.165, 1.54) is 5.56 Å². The Morgan fingerprint density at radius 2 is 2.35 bits per heavy atom. The Morgan fingerprint density at radius 1 is 1.54 bits per heavy atom. The Hall–Kier alpha value is -1.55. The van der Waals surface area contributed by atoms with E-state index in [9.17, 15) is 5.11 Å². The Kier molecular flexibility index (Phi) is 7.10. The van der Waals surface area contributed by atoms with Crippen LogP contribution in [0.5, 0.6) is 0 Å². The number of aliphatic hydroxyl groups is 1.